The molecule has 0 fully saturated rings. The van der Waals surface area contributed by atoms with Crippen LogP contribution in [-0.4, -0.2) is 53.5 Å². The summed E-state index contributed by atoms with van der Waals surface area (Å²) in [5.41, 5.74) is 2.99. The molecule has 4 aromatic rings. The number of aromatic nitrogens is 7. The molecule has 10 nitrogen and oxygen atoms in total. The van der Waals surface area contributed by atoms with Crippen molar-refractivity contribution in [3.05, 3.63) is 36.4 Å². The van der Waals surface area contributed by atoms with Crippen LogP contribution >= 0.6 is 11.3 Å². The second kappa shape index (κ2) is 7.27. The predicted octanol–water partition coefficient (Wildman–Crippen LogP) is 2.63. The Morgan fingerprint density at radius 1 is 1.10 bits per heavy atom. The normalized spacial score (nSPS) is 16.1. The molecule has 0 aliphatic carbocycles. The highest BCUT2D eigenvalue weighted by molar-refractivity contribution is 7.13. The smallest absolute Gasteiger partial charge is 0.250 e. The summed E-state index contributed by atoms with van der Waals surface area (Å²) < 4.78 is 3.45. The monoisotopic (exact) mass is 435 g/mol. The number of thiazole rings is 1. The van der Waals surface area contributed by atoms with Gasteiger partial charge in [-0.1, -0.05) is 6.92 Å². The maximum absolute atomic E-state index is 13.1. The minimum Gasteiger partial charge on any atom is -0.309 e. The lowest BCUT2D eigenvalue weighted by Crippen LogP contribution is -2.50. The van der Waals surface area contributed by atoms with Gasteiger partial charge in [-0.05, 0) is 6.42 Å². The van der Waals surface area contributed by atoms with Crippen molar-refractivity contribution in [3.8, 4) is 22.1 Å². The van der Waals surface area contributed by atoms with Gasteiger partial charge in [0.15, 0.2) is 11.6 Å². The fourth-order valence-electron chi connectivity index (χ4n) is 3.85. The Balaban J connectivity index is 1.70. The van der Waals surface area contributed by atoms with Gasteiger partial charge >= 0.3 is 0 Å². The Morgan fingerprint density at radius 2 is 1.94 bits per heavy atom. The average Bonchev–Trinajstić information content (AvgIpc) is 3.51. The highest BCUT2D eigenvalue weighted by atomic mass is 32.1. The van der Waals surface area contributed by atoms with Crippen molar-refractivity contribution in [1.82, 2.24) is 34.5 Å². The fourth-order valence-corrected chi connectivity index (χ4v) is 4.49. The number of amides is 1. The molecule has 0 radical (unpaired) electrons. The van der Waals surface area contributed by atoms with E-state index in [2.05, 4.69) is 20.2 Å². The first kappa shape index (κ1) is 19.4. The minimum absolute atomic E-state index is 0.0000513. The van der Waals surface area contributed by atoms with Gasteiger partial charge in [-0.15, -0.1) is 11.3 Å². The second-order valence-corrected chi connectivity index (χ2v) is 8.26. The van der Waals surface area contributed by atoms with Gasteiger partial charge < -0.3 is 9.80 Å². The average molecular weight is 436 g/mol. The zero-order valence-corrected chi connectivity index (χ0v) is 18.4. The second-order valence-electron chi connectivity index (χ2n) is 7.37. The quantitative estimate of drug-likeness (QED) is 0.486. The molecule has 11 heteroatoms. The molecular formula is C20H21N9OS. The number of rotatable bonds is 4. The Bertz CT molecular complexity index is 1260. The zero-order chi connectivity index (χ0) is 21.7. The molecule has 1 amide bonds. The van der Waals surface area contributed by atoms with E-state index in [9.17, 15) is 4.79 Å². The Morgan fingerprint density at radius 3 is 2.61 bits per heavy atom. The number of likely N-dealkylation sites (N-methyl/N-ethyl adjacent to an activating group) is 1. The largest absolute Gasteiger partial charge is 0.309 e. The summed E-state index contributed by atoms with van der Waals surface area (Å²) in [4.78, 5) is 30.6. The first-order valence-electron chi connectivity index (χ1n) is 9.84. The molecule has 1 atom stereocenters. The van der Waals surface area contributed by atoms with Gasteiger partial charge in [-0.2, -0.15) is 10.2 Å². The van der Waals surface area contributed by atoms with Crippen LogP contribution < -0.4 is 9.80 Å². The molecule has 0 unspecified atom stereocenters. The SMILES string of the molecule is CC[C@@H]1C(=O)N(C)c2cnc(-c3cn(C)nc3-c3nccs3)nc2N1c1cnn(C)c1. The lowest BCUT2D eigenvalue weighted by molar-refractivity contribution is -0.119. The van der Waals surface area contributed by atoms with Crippen LogP contribution in [0, 0.1) is 0 Å². The Labute approximate surface area is 182 Å². The third-order valence-electron chi connectivity index (χ3n) is 5.33. The summed E-state index contributed by atoms with van der Waals surface area (Å²) in [6.07, 6.45) is 9.61. The third-order valence-corrected chi connectivity index (χ3v) is 6.11. The van der Waals surface area contributed by atoms with Crippen LogP contribution in [0.4, 0.5) is 17.2 Å². The lowest BCUT2D eigenvalue weighted by atomic mass is 10.1. The van der Waals surface area contributed by atoms with Crippen molar-refractivity contribution in [2.45, 2.75) is 19.4 Å². The van der Waals surface area contributed by atoms with E-state index in [1.165, 1.54) is 11.3 Å². The van der Waals surface area contributed by atoms with E-state index in [-0.39, 0.29) is 11.9 Å². The number of fused-ring (bicyclic) bond motifs is 1. The molecule has 5 rings (SSSR count). The van der Waals surface area contributed by atoms with Crippen molar-refractivity contribution < 1.29 is 4.79 Å². The number of aryl methyl sites for hydroxylation is 2. The summed E-state index contributed by atoms with van der Waals surface area (Å²) in [5, 5.41) is 11.6. The summed E-state index contributed by atoms with van der Waals surface area (Å²) in [5.74, 6) is 1.20. The highest BCUT2D eigenvalue weighted by Crippen LogP contribution is 2.41. The summed E-state index contributed by atoms with van der Waals surface area (Å²) in [7, 11) is 5.48. The number of hydrogen-bond acceptors (Lipinski definition) is 8. The van der Waals surface area contributed by atoms with Crippen molar-refractivity contribution in [3.63, 3.8) is 0 Å². The van der Waals surface area contributed by atoms with Gasteiger partial charge in [0.25, 0.3) is 0 Å². The van der Waals surface area contributed by atoms with Crippen molar-refractivity contribution in [1.29, 1.82) is 0 Å². The van der Waals surface area contributed by atoms with Crippen LogP contribution in [0.1, 0.15) is 13.3 Å². The molecule has 4 aromatic heterocycles. The van der Waals surface area contributed by atoms with E-state index in [1.54, 1.807) is 39.9 Å². The molecule has 0 spiro atoms. The molecule has 1 aliphatic heterocycles. The third kappa shape index (κ3) is 3.08. The van der Waals surface area contributed by atoms with Crippen molar-refractivity contribution >= 4 is 34.4 Å². The first-order chi connectivity index (χ1) is 15.0. The summed E-state index contributed by atoms with van der Waals surface area (Å²) >= 11 is 1.52. The van der Waals surface area contributed by atoms with Crippen LogP contribution in [-0.2, 0) is 18.9 Å². The Hall–Kier alpha value is -3.60. The molecule has 5 heterocycles. The van der Waals surface area contributed by atoms with Gasteiger partial charge in [-0.25, -0.2) is 15.0 Å². The predicted molar refractivity (Wildman–Crippen MR) is 118 cm³/mol. The molecule has 0 saturated carbocycles. The van der Waals surface area contributed by atoms with Crippen LogP contribution in [0.3, 0.4) is 0 Å². The van der Waals surface area contributed by atoms with E-state index in [4.69, 9.17) is 4.98 Å². The first-order valence-corrected chi connectivity index (χ1v) is 10.7. The van der Waals surface area contributed by atoms with Gasteiger partial charge in [-0.3, -0.25) is 14.2 Å². The minimum atomic E-state index is -0.378. The molecule has 1 aliphatic rings. The van der Waals surface area contributed by atoms with E-state index < -0.39 is 0 Å². The summed E-state index contributed by atoms with van der Waals surface area (Å²) in [6, 6.07) is -0.378. The molecule has 158 valence electrons. The van der Waals surface area contributed by atoms with E-state index in [0.717, 1.165) is 22.0 Å². The van der Waals surface area contributed by atoms with Gasteiger partial charge in [0.1, 0.15) is 22.4 Å². The number of anilines is 3. The number of hydrogen-bond donors (Lipinski definition) is 0. The number of carbonyl (C=O) groups is 1. The van der Waals surface area contributed by atoms with Gasteiger partial charge in [0, 0.05) is 45.1 Å². The van der Waals surface area contributed by atoms with Crippen molar-refractivity contribution in [2.24, 2.45) is 14.1 Å². The number of nitrogens with zero attached hydrogens (tertiary/aromatic N) is 9. The van der Waals surface area contributed by atoms with Crippen LogP contribution in [0.2, 0.25) is 0 Å². The van der Waals surface area contributed by atoms with Crippen LogP contribution in [0.5, 0.6) is 0 Å². The molecular weight excluding hydrogens is 414 g/mol. The molecule has 0 aromatic carbocycles. The molecule has 0 N–H and O–H groups in total. The standard InChI is InChI=1S/C20H21N9OS/c1-5-14-20(30)28(4)15-9-22-17(24-18(15)29(14)12-8-23-26(2)10-12)13-11-27(3)25-16(13)19-21-6-7-31-19/h6-11,14H,5H2,1-4H3/t14-/m1/s1. The zero-order valence-electron chi connectivity index (χ0n) is 17.6. The van der Waals surface area contributed by atoms with E-state index in [0.29, 0.717) is 23.8 Å². The van der Waals surface area contributed by atoms with E-state index in [1.807, 2.05) is 43.7 Å². The molecule has 0 saturated heterocycles. The van der Waals surface area contributed by atoms with E-state index >= 15 is 0 Å². The molecule has 0 bridgehead atoms. The lowest BCUT2D eigenvalue weighted by Gasteiger charge is -2.39. The maximum atomic E-state index is 13.1. The van der Waals surface area contributed by atoms with Gasteiger partial charge in [0.05, 0.1) is 23.6 Å². The molecule has 31 heavy (non-hydrogen) atoms. The van der Waals surface area contributed by atoms with Crippen LogP contribution in [0.15, 0.2) is 36.4 Å². The van der Waals surface area contributed by atoms with Crippen molar-refractivity contribution in [2.75, 3.05) is 16.8 Å². The maximum Gasteiger partial charge on any atom is 0.250 e. The number of carbonyl (C=O) groups excluding carboxylic acids is 1. The topological polar surface area (TPSA) is 97.9 Å². The fraction of sp³-hybridized carbons (Fsp3) is 0.300. The Kier molecular flexibility index (Phi) is 4.54. The highest BCUT2D eigenvalue weighted by Gasteiger charge is 2.38. The van der Waals surface area contributed by atoms with Gasteiger partial charge in [0.2, 0.25) is 5.91 Å². The summed E-state index contributed by atoms with van der Waals surface area (Å²) in [6.45, 7) is 1.99. The van der Waals surface area contributed by atoms with Crippen LogP contribution in [0.25, 0.3) is 22.1 Å².